The van der Waals surface area contributed by atoms with Crippen molar-refractivity contribution in [2.75, 3.05) is 0 Å². The second-order valence-corrected chi connectivity index (χ2v) is 7.31. The van der Waals surface area contributed by atoms with Crippen molar-refractivity contribution in [1.29, 1.82) is 5.26 Å². The van der Waals surface area contributed by atoms with E-state index in [1.807, 2.05) is 47.3 Å². The van der Waals surface area contributed by atoms with Gasteiger partial charge in [-0.05, 0) is 46.0 Å². The minimum atomic E-state index is -0.206. The summed E-state index contributed by atoms with van der Waals surface area (Å²) in [7, 11) is 0. The van der Waals surface area contributed by atoms with Crippen LogP contribution in [0.5, 0.6) is 0 Å². The Morgan fingerprint density at radius 3 is 2.56 bits per heavy atom. The molecule has 1 aromatic heterocycles. The molecule has 5 heteroatoms. The summed E-state index contributed by atoms with van der Waals surface area (Å²) in [6.45, 7) is 1.14. The van der Waals surface area contributed by atoms with E-state index in [0.717, 1.165) is 28.8 Å². The van der Waals surface area contributed by atoms with Crippen LogP contribution in [0.4, 0.5) is 0 Å². The number of carbonyl (C=O) groups excluding carboxylic acids is 1. The Labute approximate surface area is 187 Å². The van der Waals surface area contributed by atoms with E-state index in [2.05, 4.69) is 46.8 Å². The van der Waals surface area contributed by atoms with Gasteiger partial charge in [0.25, 0.3) is 0 Å². The molecule has 0 fully saturated rings. The molecule has 1 amide bonds. The summed E-state index contributed by atoms with van der Waals surface area (Å²) >= 11 is 0. The van der Waals surface area contributed by atoms with Gasteiger partial charge in [0.05, 0.1) is 18.2 Å². The fourth-order valence-electron chi connectivity index (χ4n) is 3.48. The summed E-state index contributed by atoms with van der Waals surface area (Å²) in [5.41, 5.74) is 5.64. The first-order valence-electron chi connectivity index (χ1n) is 10.3. The fourth-order valence-corrected chi connectivity index (χ4v) is 3.48. The quantitative estimate of drug-likeness (QED) is 0.438. The van der Waals surface area contributed by atoms with Gasteiger partial charge < -0.3 is 5.32 Å². The molecule has 0 bridgehead atoms. The molecule has 32 heavy (non-hydrogen) atoms. The molecule has 156 valence electrons. The van der Waals surface area contributed by atoms with Gasteiger partial charge in [-0.15, -0.1) is 0 Å². The number of amides is 1. The zero-order valence-corrected chi connectivity index (χ0v) is 17.5. The van der Waals surface area contributed by atoms with Gasteiger partial charge in [-0.1, -0.05) is 66.7 Å². The van der Waals surface area contributed by atoms with Gasteiger partial charge in [0, 0.05) is 25.0 Å². The highest BCUT2D eigenvalue weighted by atomic mass is 16.1. The largest absolute Gasteiger partial charge is 0.348 e. The summed E-state index contributed by atoms with van der Waals surface area (Å²) in [5.74, 6) is -0.206. The van der Waals surface area contributed by atoms with Crippen molar-refractivity contribution >= 4 is 12.0 Å². The lowest BCUT2D eigenvalue weighted by Crippen LogP contribution is -2.20. The number of nitriles is 1. The Morgan fingerprint density at radius 2 is 1.78 bits per heavy atom. The Hall–Kier alpha value is -4.43. The molecule has 1 heterocycles. The van der Waals surface area contributed by atoms with E-state index in [1.165, 1.54) is 11.6 Å². The van der Waals surface area contributed by atoms with E-state index < -0.39 is 0 Å². The highest BCUT2D eigenvalue weighted by molar-refractivity contribution is 5.92. The summed E-state index contributed by atoms with van der Waals surface area (Å²) in [6.07, 6.45) is 6.84. The number of benzene rings is 3. The zero-order chi connectivity index (χ0) is 22.2. The number of nitrogens with zero attached hydrogens (tertiary/aromatic N) is 3. The number of nitrogens with one attached hydrogen (secondary N) is 1. The van der Waals surface area contributed by atoms with E-state index in [1.54, 1.807) is 24.4 Å². The van der Waals surface area contributed by atoms with Gasteiger partial charge in [-0.3, -0.25) is 9.48 Å². The molecular weight excluding hydrogens is 396 g/mol. The standard InChI is InChI=1S/C27H22N4O/c28-18-24-7-2-1-6-22(24)14-15-27(32)29-19-25-8-3-4-9-26(25)23-12-10-21(11-13-23)20-31-17-5-16-30-31/h1-17H,19-20H2,(H,29,32)/b15-14+. The molecule has 0 radical (unpaired) electrons. The number of hydrogen-bond acceptors (Lipinski definition) is 3. The zero-order valence-electron chi connectivity index (χ0n) is 17.5. The normalized spacial score (nSPS) is 10.7. The van der Waals surface area contributed by atoms with Crippen molar-refractivity contribution in [2.45, 2.75) is 13.1 Å². The van der Waals surface area contributed by atoms with E-state index in [0.29, 0.717) is 12.1 Å². The molecule has 0 aliphatic rings. The monoisotopic (exact) mass is 418 g/mol. The Balaban J connectivity index is 1.43. The number of hydrogen-bond donors (Lipinski definition) is 1. The van der Waals surface area contributed by atoms with Crippen molar-refractivity contribution in [1.82, 2.24) is 15.1 Å². The lowest BCUT2D eigenvalue weighted by molar-refractivity contribution is -0.116. The molecule has 1 N–H and O–H groups in total. The van der Waals surface area contributed by atoms with Gasteiger partial charge >= 0.3 is 0 Å². The van der Waals surface area contributed by atoms with Gasteiger partial charge in [0.15, 0.2) is 0 Å². The van der Waals surface area contributed by atoms with Crippen LogP contribution in [-0.4, -0.2) is 15.7 Å². The molecule has 0 aliphatic heterocycles. The molecule has 0 unspecified atom stereocenters. The van der Waals surface area contributed by atoms with E-state index in [4.69, 9.17) is 5.26 Å². The van der Waals surface area contributed by atoms with Crippen molar-refractivity contribution in [2.24, 2.45) is 0 Å². The third-order valence-electron chi connectivity index (χ3n) is 5.13. The van der Waals surface area contributed by atoms with Crippen LogP contribution in [0, 0.1) is 11.3 Å². The highest BCUT2D eigenvalue weighted by Gasteiger charge is 2.06. The van der Waals surface area contributed by atoms with Gasteiger partial charge in [0.2, 0.25) is 5.91 Å². The van der Waals surface area contributed by atoms with E-state index >= 15 is 0 Å². The average molecular weight is 419 g/mol. The van der Waals surface area contributed by atoms with Crippen LogP contribution in [0.25, 0.3) is 17.2 Å². The predicted molar refractivity (Wildman–Crippen MR) is 125 cm³/mol. The number of aromatic nitrogens is 2. The van der Waals surface area contributed by atoms with Crippen LogP contribution >= 0.6 is 0 Å². The summed E-state index contributed by atoms with van der Waals surface area (Å²) in [6, 6.07) is 27.7. The Kier molecular flexibility index (Phi) is 6.54. The van der Waals surface area contributed by atoms with Crippen molar-refractivity contribution in [3.8, 4) is 17.2 Å². The molecule has 0 aliphatic carbocycles. The first-order chi connectivity index (χ1) is 15.7. The van der Waals surface area contributed by atoms with Gasteiger partial charge in [0.1, 0.15) is 0 Å². The highest BCUT2D eigenvalue weighted by Crippen LogP contribution is 2.24. The van der Waals surface area contributed by atoms with Crippen LogP contribution in [0.2, 0.25) is 0 Å². The minimum Gasteiger partial charge on any atom is -0.348 e. The van der Waals surface area contributed by atoms with Crippen LogP contribution < -0.4 is 5.32 Å². The van der Waals surface area contributed by atoms with Crippen molar-refractivity contribution in [3.63, 3.8) is 0 Å². The fraction of sp³-hybridized carbons (Fsp3) is 0.0741. The maximum Gasteiger partial charge on any atom is 0.244 e. The van der Waals surface area contributed by atoms with Crippen LogP contribution in [0.3, 0.4) is 0 Å². The van der Waals surface area contributed by atoms with Crippen LogP contribution in [0.15, 0.2) is 97.3 Å². The van der Waals surface area contributed by atoms with Crippen molar-refractivity contribution < 1.29 is 4.79 Å². The number of carbonyl (C=O) groups is 1. The number of rotatable bonds is 7. The third kappa shape index (κ3) is 5.18. The summed E-state index contributed by atoms with van der Waals surface area (Å²) in [5, 5.41) is 16.4. The molecule has 4 rings (SSSR count). The first kappa shape index (κ1) is 20.8. The van der Waals surface area contributed by atoms with Crippen molar-refractivity contribution in [3.05, 3.63) is 120 Å². The Morgan fingerprint density at radius 1 is 1.00 bits per heavy atom. The van der Waals surface area contributed by atoms with Gasteiger partial charge in [-0.2, -0.15) is 10.4 Å². The lowest BCUT2D eigenvalue weighted by atomic mass is 9.98. The Bertz CT molecular complexity index is 1270. The summed E-state index contributed by atoms with van der Waals surface area (Å²) < 4.78 is 1.89. The second-order valence-electron chi connectivity index (χ2n) is 7.31. The third-order valence-corrected chi connectivity index (χ3v) is 5.13. The molecule has 4 aromatic rings. The molecule has 3 aromatic carbocycles. The molecular formula is C27H22N4O. The lowest BCUT2D eigenvalue weighted by Gasteiger charge is -2.11. The summed E-state index contributed by atoms with van der Waals surface area (Å²) in [4.78, 5) is 12.3. The molecule has 5 nitrogen and oxygen atoms in total. The minimum absolute atomic E-state index is 0.206. The molecule has 0 atom stereocenters. The van der Waals surface area contributed by atoms with Crippen LogP contribution in [-0.2, 0) is 17.9 Å². The second kappa shape index (κ2) is 10.1. The van der Waals surface area contributed by atoms with E-state index in [9.17, 15) is 4.79 Å². The maximum atomic E-state index is 12.3. The topological polar surface area (TPSA) is 70.7 Å². The van der Waals surface area contributed by atoms with Gasteiger partial charge in [-0.25, -0.2) is 0 Å². The first-order valence-corrected chi connectivity index (χ1v) is 10.3. The molecule has 0 saturated carbocycles. The SMILES string of the molecule is N#Cc1ccccc1/C=C/C(=O)NCc1ccccc1-c1ccc(Cn2cccn2)cc1. The molecule has 0 spiro atoms. The van der Waals surface area contributed by atoms with Crippen LogP contribution in [0.1, 0.15) is 22.3 Å². The van der Waals surface area contributed by atoms with E-state index in [-0.39, 0.29) is 5.91 Å². The predicted octanol–water partition coefficient (Wildman–Crippen LogP) is 4.80. The molecule has 0 saturated heterocycles. The smallest absolute Gasteiger partial charge is 0.244 e. The maximum absolute atomic E-state index is 12.3. The average Bonchev–Trinajstić information content (AvgIpc) is 3.35.